The number of aryl methyl sites for hydroxylation is 1. The maximum atomic E-state index is 13.5. The van der Waals surface area contributed by atoms with Crippen LogP contribution in [0.3, 0.4) is 0 Å². The number of amides is 1. The Balaban J connectivity index is 1.52. The van der Waals surface area contributed by atoms with Crippen LogP contribution < -0.4 is 5.32 Å². The van der Waals surface area contributed by atoms with Crippen molar-refractivity contribution >= 4 is 33.1 Å². The molecule has 0 saturated carbocycles. The van der Waals surface area contributed by atoms with Crippen LogP contribution in [0.15, 0.2) is 76.5 Å². The second kappa shape index (κ2) is 9.21. The van der Waals surface area contributed by atoms with Gasteiger partial charge in [0.05, 0.1) is 16.6 Å². The summed E-state index contributed by atoms with van der Waals surface area (Å²) in [6.45, 7) is 6.16. The lowest BCUT2D eigenvalue weighted by molar-refractivity contribution is 0.102. The van der Waals surface area contributed by atoms with Gasteiger partial charge >= 0.3 is 0 Å². The van der Waals surface area contributed by atoms with E-state index >= 15 is 0 Å². The number of anilines is 1. The Morgan fingerprint density at radius 1 is 1.09 bits per heavy atom. The lowest BCUT2D eigenvalue weighted by Gasteiger charge is -2.10. The van der Waals surface area contributed by atoms with Gasteiger partial charge in [-0.3, -0.25) is 4.79 Å². The normalized spacial score (nSPS) is 11.1. The SMILES string of the molecule is Cc1ccc(-c2cc(C(=O)Nc3scc(-c4ccc(C(C)C)cc4)c3C#N)c3ccccc3n2)o1. The molecule has 5 aromatic rings. The summed E-state index contributed by atoms with van der Waals surface area (Å²) >= 11 is 1.35. The fourth-order valence-electron chi connectivity index (χ4n) is 4.05. The number of para-hydroxylation sites is 1. The number of hydrogen-bond donors (Lipinski definition) is 1. The van der Waals surface area contributed by atoms with Gasteiger partial charge in [0.15, 0.2) is 5.76 Å². The number of carbonyl (C=O) groups is 1. The van der Waals surface area contributed by atoms with Crippen molar-refractivity contribution in [1.82, 2.24) is 4.98 Å². The van der Waals surface area contributed by atoms with Gasteiger partial charge in [0.25, 0.3) is 5.91 Å². The molecule has 1 N–H and O–H groups in total. The number of pyridine rings is 1. The number of nitrogens with one attached hydrogen (secondary N) is 1. The molecule has 3 heterocycles. The molecule has 0 atom stereocenters. The maximum absolute atomic E-state index is 13.5. The zero-order chi connectivity index (χ0) is 24.5. The van der Waals surface area contributed by atoms with E-state index in [1.54, 1.807) is 6.07 Å². The molecule has 0 bridgehead atoms. The van der Waals surface area contributed by atoms with E-state index in [9.17, 15) is 10.1 Å². The van der Waals surface area contributed by atoms with Crippen LogP contribution in [0.25, 0.3) is 33.5 Å². The summed E-state index contributed by atoms with van der Waals surface area (Å²) in [5, 5.41) is 16.1. The topological polar surface area (TPSA) is 78.9 Å². The zero-order valence-electron chi connectivity index (χ0n) is 19.6. The zero-order valence-corrected chi connectivity index (χ0v) is 20.4. The molecule has 172 valence electrons. The average Bonchev–Trinajstić information content (AvgIpc) is 3.49. The van der Waals surface area contributed by atoms with Crippen molar-refractivity contribution in [2.75, 3.05) is 5.32 Å². The molecule has 0 aliphatic heterocycles. The Bertz CT molecular complexity index is 1590. The Kier molecular flexibility index (Phi) is 5.94. The number of nitrogens with zero attached hydrogens (tertiary/aromatic N) is 2. The summed E-state index contributed by atoms with van der Waals surface area (Å²) < 4.78 is 5.75. The van der Waals surface area contributed by atoms with E-state index in [1.165, 1.54) is 16.9 Å². The molecule has 1 amide bonds. The summed E-state index contributed by atoms with van der Waals surface area (Å²) in [6.07, 6.45) is 0. The highest BCUT2D eigenvalue weighted by atomic mass is 32.1. The molecule has 35 heavy (non-hydrogen) atoms. The number of fused-ring (bicyclic) bond motifs is 1. The fraction of sp³-hybridized carbons (Fsp3) is 0.138. The first-order chi connectivity index (χ1) is 16.9. The first-order valence-corrected chi connectivity index (χ1v) is 12.2. The summed E-state index contributed by atoms with van der Waals surface area (Å²) in [5.74, 6) is 1.51. The number of furan rings is 1. The second-order valence-electron chi connectivity index (χ2n) is 8.68. The molecule has 0 radical (unpaired) electrons. The minimum atomic E-state index is -0.298. The van der Waals surface area contributed by atoms with Gasteiger partial charge in [-0.15, -0.1) is 11.3 Å². The molecule has 0 fully saturated rings. The quantitative estimate of drug-likeness (QED) is 0.280. The third-order valence-electron chi connectivity index (χ3n) is 5.97. The van der Waals surface area contributed by atoms with Gasteiger partial charge in [0, 0.05) is 16.3 Å². The van der Waals surface area contributed by atoms with Crippen molar-refractivity contribution in [1.29, 1.82) is 5.26 Å². The van der Waals surface area contributed by atoms with Gasteiger partial charge in [0.1, 0.15) is 22.5 Å². The van der Waals surface area contributed by atoms with Crippen LogP contribution in [0.1, 0.15) is 47.0 Å². The molecule has 6 heteroatoms. The van der Waals surface area contributed by atoms with Crippen LogP contribution >= 0.6 is 11.3 Å². The van der Waals surface area contributed by atoms with E-state index in [1.807, 2.05) is 60.8 Å². The monoisotopic (exact) mass is 477 g/mol. The van der Waals surface area contributed by atoms with Crippen molar-refractivity contribution in [3.8, 4) is 28.7 Å². The molecule has 0 aliphatic rings. The lowest BCUT2D eigenvalue weighted by atomic mass is 9.98. The maximum Gasteiger partial charge on any atom is 0.257 e. The van der Waals surface area contributed by atoms with Gasteiger partial charge in [-0.25, -0.2) is 4.98 Å². The summed E-state index contributed by atoms with van der Waals surface area (Å²) in [5.41, 5.74) is 5.21. The number of benzene rings is 2. The molecular weight excluding hydrogens is 454 g/mol. The van der Waals surface area contributed by atoms with Crippen molar-refractivity contribution < 1.29 is 9.21 Å². The number of hydrogen-bond acceptors (Lipinski definition) is 5. The van der Waals surface area contributed by atoms with E-state index in [4.69, 9.17) is 4.42 Å². The summed E-state index contributed by atoms with van der Waals surface area (Å²) in [6, 6.07) is 23.5. The molecule has 2 aromatic carbocycles. The highest BCUT2D eigenvalue weighted by molar-refractivity contribution is 7.15. The predicted octanol–water partition coefficient (Wildman–Crippen LogP) is 7.78. The number of rotatable bonds is 5. The van der Waals surface area contributed by atoms with E-state index < -0.39 is 0 Å². The highest BCUT2D eigenvalue weighted by Crippen LogP contribution is 2.36. The van der Waals surface area contributed by atoms with Crippen molar-refractivity contribution in [3.63, 3.8) is 0 Å². The first kappa shape index (κ1) is 22.6. The van der Waals surface area contributed by atoms with Crippen LogP contribution in [-0.2, 0) is 0 Å². The Morgan fingerprint density at radius 2 is 1.86 bits per heavy atom. The third-order valence-corrected chi connectivity index (χ3v) is 6.87. The molecule has 0 saturated heterocycles. The average molecular weight is 478 g/mol. The standard InChI is InChI=1S/C29H23N3O2S/c1-17(2)19-9-11-20(12-10-19)24-16-35-29(23(24)15-30)32-28(33)22-14-26(27-13-8-18(3)34-27)31-25-7-5-4-6-21(22)25/h4-14,16-17H,1-3H3,(H,32,33). The van der Waals surface area contributed by atoms with Crippen LogP contribution in [0.4, 0.5) is 5.00 Å². The van der Waals surface area contributed by atoms with Crippen molar-refractivity contribution in [2.45, 2.75) is 26.7 Å². The summed E-state index contributed by atoms with van der Waals surface area (Å²) in [7, 11) is 0. The van der Waals surface area contributed by atoms with Gasteiger partial charge in [-0.05, 0) is 48.2 Å². The predicted molar refractivity (Wildman–Crippen MR) is 141 cm³/mol. The minimum absolute atomic E-state index is 0.298. The third kappa shape index (κ3) is 4.34. The smallest absolute Gasteiger partial charge is 0.257 e. The Hall–Kier alpha value is -4.21. The first-order valence-electron chi connectivity index (χ1n) is 11.3. The van der Waals surface area contributed by atoms with Gasteiger partial charge in [-0.2, -0.15) is 5.26 Å². The fourth-order valence-corrected chi connectivity index (χ4v) is 4.97. The van der Waals surface area contributed by atoms with E-state index in [0.29, 0.717) is 39.0 Å². The number of thiophene rings is 1. The van der Waals surface area contributed by atoms with E-state index in [0.717, 1.165) is 22.3 Å². The Morgan fingerprint density at radius 3 is 2.54 bits per heavy atom. The molecule has 5 nitrogen and oxygen atoms in total. The van der Waals surface area contributed by atoms with Crippen molar-refractivity contribution in [3.05, 3.63) is 94.6 Å². The molecule has 3 aromatic heterocycles. The minimum Gasteiger partial charge on any atom is -0.460 e. The molecule has 5 rings (SSSR count). The highest BCUT2D eigenvalue weighted by Gasteiger charge is 2.19. The largest absolute Gasteiger partial charge is 0.460 e. The van der Waals surface area contributed by atoms with Crippen LogP contribution in [0.2, 0.25) is 0 Å². The second-order valence-corrected chi connectivity index (χ2v) is 9.56. The molecule has 0 aliphatic carbocycles. The van der Waals surface area contributed by atoms with E-state index in [2.05, 4.69) is 42.4 Å². The number of nitriles is 1. The summed E-state index contributed by atoms with van der Waals surface area (Å²) in [4.78, 5) is 18.2. The van der Waals surface area contributed by atoms with E-state index in [-0.39, 0.29) is 5.91 Å². The van der Waals surface area contributed by atoms with Crippen LogP contribution in [-0.4, -0.2) is 10.9 Å². The number of carbonyl (C=O) groups excluding carboxylic acids is 1. The van der Waals surface area contributed by atoms with Crippen LogP contribution in [0.5, 0.6) is 0 Å². The molecule has 0 unspecified atom stereocenters. The number of aromatic nitrogens is 1. The molecule has 0 spiro atoms. The Labute approximate surface area is 207 Å². The van der Waals surface area contributed by atoms with Crippen LogP contribution in [0, 0.1) is 18.3 Å². The van der Waals surface area contributed by atoms with Gasteiger partial charge < -0.3 is 9.73 Å². The molecular formula is C29H23N3O2S. The lowest BCUT2D eigenvalue weighted by Crippen LogP contribution is -2.13. The van der Waals surface area contributed by atoms with Crippen molar-refractivity contribution in [2.24, 2.45) is 0 Å². The van der Waals surface area contributed by atoms with Gasteiger partial charge in [-0.1, -0.05) is 56.3 Å². The van der Waals surface area contributed by atoms with Gasteiger partial charge in [0.2, 0.25) is 0 Å².